The highest BCUT2D eigenvalue weighted by Crippen LogP contribution is 2.31. The summed E-state index contributed by atoms with van der Waals surface area (Å²) in [6.45, 7) is 16.9. The van der Waals surface area contributed by atoms with E-state index in [1.54, 1.807) is 48.6 Å². The monoisotopic (exact) mass is 1170 g/mol. The number of hydrogen-bond acceptors (Lipinski definition) is 8. The molecule has 0 aliphatic rings. The lowest BCUT2D eigenvalue weighted by atomic mass is 9.98. The van der Waals surface area contributed by atoms with E-state index >= 15 is 0 Å². The molecule has 0 amide bonds. The van der Waals surface area contributed by atoms with Crippen LogP contribution in [0.5, 0.6) is 5.75 Å². The fourth-order valence-corrected chi connectivity index (χ4v) is 8.92. The second kappa shape index (κ2) is 34.6. The highest BCUT2D eigenvalue weighted by Gasteiger charge is 2.21. The van der Waals surface area contributed by atoms with Crippen molar-refractivity contribution in [2.75, 3.05) is 0 Å². The summed E-state index contributed by atoms with van der Waals surface area (Å²) in [6, 6.07) is 57.9. The molecule has 0 aliphatic carbocycles. The summed E-state index contributed by atoms with van der Waals surface area (Å²) < 4.78 is 70.9. The van der Waals surface area contributed by atoms with Gasteiger partial charge in [0, 0.05) is 11.6 Å². The molecule has 13 heteroatoms. The van der Waals surface area contributed by atoms with E-state index in [1.165, 1.54) is 53.1 Å². The van der Waals surface area contributed by atoms with Crippen LogP contribution in [-0.4, -0.2) is 21.7 Å². The summed E-state index contributed by atoms with van der Waals surface area (Å²) in [5, 5.41) is 27.3. The van der Waals surface area contributed by atoms with Gasteiger partial charge in [-0.15, -0.1) is 26.3 Å². The molecule has 0 heterocycles. The minimum Gasteiger partial charge on any atom is -0.423 e. The van der Waals surface area contributed by atoms with Gasteiger partial charge in [0.05, 0.1) is 5.56 Å². The van der Waals surface area contributed by atoms with Crippen LogP contribution in [0.25, 0.3) is 11.1 Å². The standard InChI is InChI=1S/C22H17FO2.C19H22O2.2C16H14F2O2/c1-2-3-16-4-6-17(7-5-16)18-8-10-19(11-9-18)22(24)25-21-14-12-20(23)13-15-21;1-3-5-15-7-11-17(12-8-15)19(21-20)18-13-9-16(6-4-2)10-14-18;1-2-3-11-4-6-12(7-5-11)16(20-19)14-9-8-13(17)10-15(14)18;1-2-3-11-4-6-12(7-5-11)16(20-19)13-8-9-14(17)15(18)10-13/h2,4-15H,1,3H2;3,7-14,19-20H,1,4-6H2,2H3;2*2,4-10,16,19H,1,3H2. The van der Waals surface area contributed by atoms with Crippen molar-refractivity contribution in [3.05, 3.63) is 353 Å². The third-order valence-corrected chi connectivity index (χ3v) is 13.4. The smallest absolute Gasteiger partial charge is 0.343 e. The fraction of sp³-hybridized carbons (Fsp3) is 0.137. The molecule has 3 atom stereocenters. The van der Waals surface area contributed by atoms with Gasteiger partial charge < -0.3 is 4.74 Å². The van der Waals surface area contributed by atoms with Crippen LogP contribution in [-0.2, 0) is 46.8 Å². The van der Waals surface area contributed by atoms with Crippen LogP contribution in [0.2, 0.25) is 0 Å². The second-order valence-electron chi connectivity index (χ2n) is 19.6. The van der Waals surface area contributed by atoms with Crippen molar-refractivity contribution in [2.24, 2.45) is 0 Å². The van der Waals surface area contributed by atoms with Crippen molar-refractivity contribution in [3.8, 4) is 16.9 Å². The summed E-state index contributed by atoms with van der Waals surface area (Å²) in [7, 11) is 0. The molecule has 0 aliphatic heterocycles. The lowest BCUT2D eigenvalue weighted by Crippen LogP contribution is -2.08. The third-order valence-electron chi connectivity index (χ3n) is 13.4. The number of carbonyl (C=O) groups is 1. The SMILES string of the molecule is C=CCc1ccc(-c2ccc(C(=O)Oc3ccc(F)cc3)cc2)cc1.C=CCc1ccc(C(OO)c2ccc(CCC)cc2)cc1.C=CCc1ccc(C(OO)c2ccc(F)c(F)c2)cc1.C=CCc1ccc(C(OO)c2ccc(F)cc2F)cc1. The molecule has 0 saturated carbocycles. The largest absolute Gasteiger partial charge is 0.423 e. The zero-order valence-corrected chi connectivity index (χ0v) is 47.5. The zero-order valence-electron chi connectivity index (χ0n) is 47.5. The first kappa shape index (κ1) is 66.0. The lowest BCUT2D eigenvalue weighted by molar-refractivity contribution is -0.271. The van der Waals surface area contributed by atoms with Gasteiger partial charge in [0.2, 0.25) is 0 Å². The van der Waals surface area contributed by atoms with Crippen LogP contribution in [0, 0.1) is 29.1 Å². The molecule has 0 fully saturated rings. The van der Waals surface area contributed by atoms with Crippen LogP contribution in [0.15, 0.2) is 257 Å². The molecule has 86 heavy (non-hydrogen) atoms. The first-order valence-corrected chi connectivity index (χ1v) is 27.5. The highest BCUT2D eigenvalue weighted by molar-refractivity contribution is 5.91. The Morgan fingerprint density at radius 2 is 0.779 bits per heavy atom. The summed E-state index contributed by atoms with van der Waals surface area (Å²) in [5.41, 5.74) is 11.9. The Labute approximate surface area is 499 Å². The predicted molar refractivity (Wildman–Crippen MR) is 328 cm³/mol. The Kier molecular flexibility index (Phi) is 26.5. The van der Waals surface area contributed by atoms with Crippen molar-refractivity contribution in [1.29, 1.82) is 0 Å². The number of carbonyl (C=O) groups excluding carboxylic acids is 1. The van der Waals surface area contributed by atoms with Crippen LogP contribution in [0.4, 0.5) is 22.0 Å². The molecule has 0 spiro atoms. The molecule has 9 rings (SSSR count). The van der Waals surface area contributed by atoms with Crippen LogP contribution < -0.4 is 4.74 Å². The van der Waals surface area contributed by atoms with Crippen molar-refractivity contribution in [1.82, 2.24) is 0 Å². The zero-order chi connectivity index (χ0) is 61.8. The van der Waals surface area contributed by atoms with E-state index in [9.17, 15) is 32.0 Å². The van der Waals surface area contributed by atoms with Gasteiger partial charge in [-0.3, -0.25) is 15.8 Å². The summed E-state index contributed by atoms with van der Waals surface area (Å²) in [6.07, 6.45) is 10.3. The van der Waals surface area contributed by atoms with Gasteiger partial charge in [0.1, 0.15) is 41.5 Å². The van der Waals surface area contributed by atoms with Gasteiger partial charge in [-0.05, 0) is 153 Å². The van der Waals surface area contributed by atoms with Gasteiger partial charge in [0.25, 0.3) is 0 Å². The highest BCUT2D eigenvalue weighted by atomic mass is 19.2. The number of halogens is 5. The number of aryl methyl sites for hydroxylation is 1. The fourth-order valence-electron chi connectivity index (χ4n) is 8.92. The van der Waals surface area contributed by atoms with E-state index in [-0.39, 0.29) is 11.4 Å². The number of rotatable bonds is 22. The first-order chi connectivity index (χ1) is 41.7. The van der Waals surface area contributed by atoms with E-state index in [0.717, 1.165) is 96.2 Å². The normalized spacial score (nSPS) is 11.6. The molecule has 442 valence electrons. The Balaban J connectivity index is 0.000000184. The number of benzene rings is 9. The van der Waals surface area contributed by atoms with E-state index in [2.05, 4.69) is 67.3 Å². The Hall–Kier alpha value is -9.18. The summed E-state index contributed by atoms with van der Waals surface area (Å²) >= 11 is 0. The van der Waals surface area contributed by atoms with E-state index in [4.69, 9.17) is 20.1 Å². The molecule has 3 N–H and O–H groups in total. The van der Waals surface area contributed by atoms with Crippen LogP contribution in [0.1, 0.15) is 103 Å². The van der Waals surface area contributed by atoms with Gasteiger partial charge in [-0.2, -0.15) is 0 Å². The van der Waals surface area contributed by atoms with E-state index < -0.39 is 47.6 Å². The lowest BCUT2D eigenvalue weighted by Gasteiger charge is -2.15. The Morgan fingerprint density at radius 3 is 1.17 bits per heavy atom. The third kappa shape index (κ3) is 19.7. The van der Waals surface area contributed by atoms with Gasteiger partial charge >= 0.3 is 5.97 Å². The molecular weight excluding hydrogens is 1100 g/mol. The van der Waals surface area contributed by atoms with Gasteiger partial charge in [-0.25, -0.2) is 41.4 Å². The summed E-state index contributed by atoms with van der Waals surface area (Å²) in [4.78, 5) is 25.6. The molecule has 0 saturated heterocycles. The molecule has 0 bridgehead atoms. The molecule has 9 aromatic rings. The first-order valence-electron chi connectivity index (χ1n) is 27.5. The number of hydrogen-bond donors (Lipinski definition) is 3. The quantitative estimate of drug-likeness (QED) is 0.0154. The average Bonchev–Trinajstić information content (AvgIpc) is 3.54. The van der Waals surface area contributed by atoms with E-state index in [0.29, 0.717) is 28.0 Å². The maximum atomic E-state index is 13.7. The Bertz CT molecular complexity index is 3560. The number of ether oxygens (including phenoxy) is 1. The predicted octanol–water partition coefficient (Wildman–Crippen LogP) is 18.9. The number of allylic oxidation sites excluding steroid dienone is 4. The van der Waals surface area contributed by atoms with Crippen LogP contribution in [0.3, 0.4) is 0 Å². The number of esters is 1. The molecule has 9 aromatic carbocycles. The van der Waals surface area contributed by atoms with Crippen molar-refractivity contribution >= 4 is 5.97 Å². The van der Waals surface area contributed by atoms with Crippen molar-refractivity contribution < 1.29 is 61.9 Å². The topological polar surface area (TPSA) is 115 Å². The van der Waals surface area contributed by atoms with Crippen molar-refractivity contribution in [3.63, 3.8) is 0 Å². The summed E-state index contributed by atoms with van der Waals surface area (Å²) in [5.74, 6) is -3.89. The van der Waals surface area contributed by atoms with Crippen LogP contribution >= 0.6 is 0 Å². The minimum absolute atomic E-state index is 0.0744. The van der Waals surface area contributed by atoms with E-state index in [1.807, 2.05) is 97.1 Å². The molecule has 8 nitrogen and oxygen atoms in total. The van der Waals surface area contributed by atoms with Gasteiger partial charge in [-0.1, -0.05) is 183 Å². The Morgan fingerprint density at radius 1 is 0.407 bits per heavy atom. The minimum atomic E-state index is -0.992. The maximum Gasteiger partial charge on any atom is 0.343 e. The van der Waals surface area contributed by atoms with Crippen molar-refractivity contribution in [2.45, 2.75) is 63.8 Å². The second-order valence-corrected chi connectivity index (χ2v) is 19.6. The molecule has 0 aromatic heterocycles. The molecule has 3 unspecified atom stereocenters. The van der Waals surface area contributed by atoms with Gasteiger partial charge in [0.15, 0.2) is 11.6 Å². The molecular formula is C73H67F5O8. The average molecular weight is 1170 g/mol. The maximum absolute atomic E-state index is 13.7. The molecule has 0 radical (unpaired) electrons.